The van der Waals surface area contributed by atoms with Crippen LogP contribution in [0.25, 0.3) is 0 Å². The lowest BCUT2D eigenvalue weighted by Gasteiger charge is -2.25. The molecule has 66 valence electrons. The summed E-state index contributed by atoms with van der Waals surface area (Å²) in [4.78, 5) is 0. The third-order valence-corrected chi connectivity index (χ3v) is 5.93. The van der Waals surface area contributed by atoms with Crippen LogP contribution in [0.3, 0.4) is 0 Å². The molecule has 0 radical (unpaired) electrons. The molecule has 0 nitrogen and oxygen atoms in total. The standard InChI is InChI=1S/C9H18ClP/c1-2-8-11(10)9-6-4-3-5-7-9/h9H,2-8H2,1H3. The summed E-state index contributed by atoms with van der Waals surface area (Å²) < 4.78 is 0. The summed E-state index contributed by atoms with van der Waals surface area (Å²) in [6.07, 6.45) is 9.68. The second kappa shape index (κ2) is 5.38. The van der Waals surface area contributed by atoms with Gasteiger partial charge in [-0.3, -0.25) is 0 Å². The zero-order chi connectivity index (χ0) is 8.10. The average molecular weight is 193 g/mol. The summed E-state index contributed by atoms with van der Waals surface area (Å²) in [5, 5.41) is 0. The first-order valence-electron chi connectivity index (χ1n) is 4.77. The minimum absolute atomic E-state index is 0.127. The van der Waals surface area contributed by atoms with E-state index in [9.17, 15) is 0 Å². The minimum atomic E-state index is -0.127. The van der Waals surface area contributed by atoms with E-state index in [4.69, 9.17) is 11.2 Å². The van der Waals surface area contributed by atoms with E-state index in [0.717, 1.165) is 5.66 Å². The van der Waals surface area contributed by atoms with Crippen LogP contribution in [0.5, 0.6) is 0 Å². The van der Waals surface area contributed by atoms with Crippen molar-refractivity contribution in [2.24, 2.45) is 0 Å². The molecular formula is C9H18ClP. The molecule has 0 aromatic heterocycles. The van der Waals surface area contributed by atoms with Crippen molar-refractivity contribution >= 4 is 18.5 Å². The van der Waals surface area contributed by atoms with E-state index >= 15 is 0 Å². The van der Waals surface area contributed by atoms with Gasteiger partial charge in [-0.2, -0.15) is 0 Å². The summed E-state index contributed by atoms with van der Waals surface area (Å²) >= 11 is 6.32. The van der Waals surface area contributed by atoms with Crippen LogP contribution in [0.4, 0.5) is 0 Å². The van der Waals surface area contributed by atoms with E-state index < -0.39 is 0 Å². The molecule has 0 N–H and O–H groups in total. The molecule has 1 saturated carbocycles. The van der Waals surface area contributed by atoms with Gasteiger partial charge in [-0.15, -0.1) is 0 Å². The monoisotopic (exact) mass is 192 g/mol. The number of halogens is 1. The van der Waals surface area contributed by atoms with E-state index in [0.29, 0.717) is 0 Å². The molecule has 1 atom stereocenters. The Bertz CT molecular complexity index is 99.7. The molecule has 1 rings (SSSR count). The highest BCUT2D eigenvalue weighted by Crippen LogP contribution is 2.52. The summed E-state index contributed by atoms with van der Waals surface area (Å²) in [6, 6.07) is 0. The van der Waals surface area contributed by atoms with Crippen molar-refractivity contribution in [2.75, 3.05) is 6.16 Å². The van der Waals surface area contributed by atoms with Crippen LogP contribution < -0.4 is 0 Å². The van der Waals surface area contributed by atoms with Gasteiger partial charge in [0.2, 0.25) is 0 Å². The van der Waals surface area contributed by atoms with Crippen LogP contribution in [0.15, 0.2) is 0 Å². The van der Waals surface area contributed by atoms with Gasteiger partial charge < -0.3 is 0 Å². The molecule has 0 aromatic rings. The second-order valence-corrected chi connectivity index (χ2v) is 6.69. The van der Waals surface area contributed by atoms with E-state index in [-0.39, 0.29) is 7.27 Å². The van der Waals surface area contributed by atoms with E-state index in [1.54, 1.807) is 0 Å². The maximum atomic E-state index is 6.32. The Morgan fingerprint density at radius 3 is 2.45 bits per heavy atom. The average Bonchev–Trinajstić information content (AvgIpc) is 2.07. The van der Waals surface area contributed by atoms with Crippen molar-refractivity contribution in [1.29, 1.82) is 0 Å². The molecule has 0 spiro atoms. The summed E-state index contributed by atoms with van der Waals surface area (Å²) in [7, 11) is -0.127. The number of hydrogen-bond acceptors (Lipinski definition) is 0. The lowest BCUT2D eigenvalue weighted by Crippen LogP contribution is -2.09. The van der Waals surface area contributed by atoms with Crippen molar-refractivity contribution in [3.63, 3.8) is 0 Å². The summed E-state index contributed by atoms with van der Waals surface area (Å²) in [5.41, 5.74) is 0.903. The lowest BCUT2D eigenvalue weighted by molar-refractivity contribution is 0.512. The molecule has 0 saturated heterocycles. The molecule has 0 aliphatic heterocycles. The maximum absolute atomic E-state index is 6.32. The highest BCUT2D eigenvalue weighted by molar-refractivity contribution is 7.84. The number of hydrogen-bond donors (Lipinski definition) is 0. The molecule has 1 fully saturated rings. The Morgan fingerprint density at radius 1 is 1.27 bits per heavy atom. The Morgan fingerprint density at radius 2 is 1.91 bits per heavy atom. The third kappa shape index (κ3) is 3.30. The topological polar surface area (TPSA) is 0 Å². The molecule has 1 unspecified atom stereocenters. The van der Waals surface area contributed by atoms with Crippen LogP contribution in [-0.4, -0.2) is 11.8 Å². The summed E-state index contributed by atoms with van der Waals surface area (Å²) in [5.74, 6) is 0. The van der Waals surface area contributed by atoms with Crippen LogP contribution in [0.1, 0.15) is 45.4 Å². The smallest absolute Gasteiger partial charge is 0.00657 e. The van der Waals surface area contributed by atoms with Crippen LogP contribution in [0.2, 0.25) is 0 Å². The second-order valence-electron chi connectivity index (χ2n) is 3.42. The van der Waals surface area contributed by atoms with Gasteiger partial charge in [-0.05, 0) is 31.9 Å². The highest BCUT2D eigenvalue weighted by atomic mass is 35.7. The Labute approximate surface area is 76.2 Å². The lowest BCUT2D eigenvalue weighted by atomic mass is 10.0. The fourth-order valence-electron chi connectivity index (χ4n) is 1.76. The fraction of sp³-hybridized carbons (Fsp3) is 1.00. The molecule has 11 heavy (non-hydrogen) atoms. The molecule has 0 amide bonds. The van der Waals surface area contributed by atoms with E-state index in [1.165, 1.54) is 44.7 Å². The van der Waals surface area contributed by atoms with Crippen LogP contribution in [-0.2, 0) is 0 Å². The first-order chi connectivity index (χ1) is 5.34. The fourth-order valence-corrected chi connectivity index (χ4v) is 4.57. The largest absolute Gasteiger partial charge is 0.0961 e. The normalized spacial score (nSPS) is 23.5. The van der Waals surface area contributed by atoms with Crippen molar-refractivity contribution in [1.82, 2.24) is 0 Å². The Balaban J connectivity index is 2.21. The van der Waals surface area contributed by atoms with Crippen molar-refractivity contribution in [2.45, 2.75) is 51.1 Å². The molecule has 0 bridgehead atoms. The van der Waals surface area contributed by atoms with Gasteiger partial charge in [0.05, 0.1) is 0 Å². The van der Waals surface area contributed by atoms with Crippen molar-refractivity contribution in [3.05, 3.63) is 0 Å². The van der Waals surface area contributed by atoms with E-state index in [1.807, 2.05) is 0 Å². The first-order valence-corrected chi connectivity index (χ1v) is 7.27. The van der Waals surface area contributed by atoms with Gasteiger partial charge in [0, 0.05) is 0 Å². The molecule has 0 aromatic carbocycles. The van der Waals surface area contributed by atoms with Gasteiger partial charge in [0.1, 0.15) is 0 Å². The van der Waals surface area contributed by atoms with Gasteiger partial charge >= 0.3 is 0 Å². The molecule has 0 heterocycles. The van der Waals surface area contributed by atoms with Crippen LogP contribution >= 0.6 is 18.5 Å². The van der Waals surface area contributed by atoms with Crippen molar-refractivity contribution < 1.29 is 0 Å². The van der Waals surface area contributed by atoms with E-state index in [2.05, 4.69) is 6.92 Å². The van der Waals surface area contributed by atoms with Gasteiger partial charge in [0.25, 0.3) is 0 Å². The predicted octanol–water partition coefficient (Wildman–Crippen LogP) is 4.36. The quantitative estimate of drug-likeness (QED) is 0.583. The summed E-state index contributed by atoms with van der Waals surface area (Å²) in [6.45, 7) is 2.24. The van der Waals surface area contributed by atoms with Gasteiger partial charge in [-0.1, -0.05) is 43.8 Å². The SMILES string of the molecule is CCCP(Cl)C1CCCCC1. The zero-order valence-electron chi connectivity index (χ0n) is 7.35. The molecule has 1 aliphatic carbocycles. The molecule has 1 aliphatic rings. The van der Waals surface area contributed by atoms with Crippen molar-refractivity contribution in [3.8, 4) is 0 Å². The molecular weight excluding hydrogens is 175 g/mol. The Kier molecular flexibility index (Phi) is 4.80. The third-order valence-electron chi connectivity index (χ3n) is 2.41. The van der Waals surface area contributed by atoms with Crippen LogP contribution in [0, 0.1) is 0 Å². The zero-order valence-corrected chi connectivity index (χ0v) is 9.00. The van der Waals surface area contributed by atoms with Gasteiger partial charge in [0.15, 0.2) is 0 Å². The maximum Gasteiger partial charge on any atom is -0.00657 e. The van der Waals surface area contributed by atoms with Gasteiger partial charge in [-0.25, -0.2) is 0 Å². The highest BCUT2D eigenvalue weighted by Gasteiger charge is 2.20. The minimum Gasteiger partial charge on any atom is -0.0961 e. The predicted molar refractivity (Wildman–Crippen MR) is 54.8 cm³/mol. The number of rotatable bonds is 3. The first kappa shape index (κ1) is 9.81. The molecule has 2 heteroatoms. The Hall–Kier alpha value is 0.720.